The lowest BCUT2D eigenvalue weighted by Gasteiger charge is -2.31. The first-order valence-electron chi connectivity index (χ1n) is 6.24. The van der Waals surface area contributed by atoms with Crippen LogP contribution in [0.25, 0.3) is 0 Å². The van der Waals surface area contributed by atoms with E-state index in [0.717, 1.165) is 5.56 Å². The number of hydrogen-bond acceptors (Lipinski definition) is 3. The summed E-state index contributed by atoms with van der Waals surface area (Å²) in [6.45, 7) is 10.2. The van der Waals surface area contributed by atoms with E-state index in [1.54, 1.807) is 17.3 Å². The van der Waals surface area contributed by atoms with Crippen molar-refractivity contribution in [1.29, 1.82) is 0 Å². The summed E-state index contributed by atoms with van der Waals surface area (Å²) in [5.41, 5.74) is 0.584. The quantitative estimate of drug-likeness (QED) is 0.825. The fraction of sp³-hybridized carbons (Fsp3) is 0.571. The largest absolute Gasteiger partial charge is 0.444 e. The first-order chi connectivity index (χ1) is 8.35. The maximum Gasteiger partial charge on any atom is 0.410 e. The van der Waals surface area contributed by atoms with Crippen LogP contribution in [0.4, 0.5) is 4.79 Å². The standard InChI is InChI=1S/C14H22N2O2/c1-6-16(13(17)18-14(3,4)5)11(2)12-7-9-15-10-8-12/h7-11H,6H2,1-5H3. The Morgan fingerprint density at radius 3 is 2.39 bits per heavy atom. The van der Waals surface area contributed by atoms with Crippen LogP contribution >= 0.6 is 0 Å². The van der Waals surface area contributed by atoms with Gasteiger partial charge in [-0.15, -0.1) is 0 Å². The van der Waals surface area contributed by atoms with E-state index >= 15 is 0 Å². The van der Waals surface area contributed by atoms with Gasteiger partial charge in [-0.3, -0.25) is 4.98 Å². The van der Waals surface area contributed by atoms with Gasteiger partial charge in [0.25, 0.3) is 0 Å². The molecule has 1 aromatic heterocycles. The van der Waals surface area contributed by atoms with Crippen LogP contribution in [-0.4, -0.2) is 28.1 Å². The highest BCUT2D eigenvalue weighted by Gasteiger charge is 2.25. The summed E-state index contributed by atoms with van der Waals surface area (Å²) in [6.07, 6.45) is 3.18. The number of amides is 1. The minimum atomic E-state index is -0.470. The van der Waals surface area contributed by atoms with Gasteiger partial charge in [0.15, 0.2) is 0 Å². The number of aromatic nitrogens is 1. The number of carbonyl (C=O) groups excluding carboxylic acids is 1. The summed E-state index contributed by atoms with van der Waals surface area (Å²) in [7, 11) is 0. The Hall–Kier alpha value is -1.58. The lowest BCUT2D eigenvalue weighted by Crippen LogP contribution is -2.38. The Morgan fingerprint density at radius 2 is 1.94 bits per heavy atom. The maximum absolute atomic E-state index is 12.1. The van der Waals surface area contributed by atoms with E-state index < -0.39 is 5.60 Å². The zero-order valence-electron chi connectivity index (χ0n) is 11.8. The molecule has 0 saturated carbocycles. The van der Waals surface area contributed by atoms with E-state index in [1.165, 1.54) is 0 Å². The Bertz CT molecular complexity index is 385. The van der Waals surface area contributed by atoms with Crippen LogP contribution in [0.3, 0.4) is 0 Å². The summed E-state index contributed by atoms with van der Waals surface area (Å²) >= 11 is 0. The highest BCUT2D eigenvalue weighted by atomic mass is 16.6. The molecule has 0 saturated heterocycles. The molecule has 1 unspecified atom stereocenters. The SMILES string of the molecule is CCN(C(=O)OC(C)(C)C)C(C)c1ccncc1. The summed E-state index contributed by atoms with van der Waals surface area (Å²) < 4.78 is 5.40. The van der Waals surface area contributed by atoms with Crippen molar-refractivity contribution in [3.05, 3.63) is 30.1 Å². The molecule has 0 bridgehead atoms. The van der Waals surface area contributed by atoms with Gasteiger partial charge in [-0.1, -0.05) is 0 Å². The number of pyridine rings is 1. The molecule has 4 nitrogen and oxygen atoms in total. The highest BCUT2D eigenvalue weighted by molar-refractivity contribution is 5.68. The van der Waals surface area contributed by atoms with Crippen molar-refractivity contribution in [2.45, 2.75) is 46.3 Å². The molecular weight excluding hydrogens is 228 g/mol. The first kappa shape index (κ1) is 14.5. The number of rotatable bonds is 3. The number of nitrogens with zero attached hydrogens (tertiary/aromatic N) is 2. The van der Waals surface area contributed by atoms with Crippen molar-refractivity contribution in [3.63, 3.8) is 0 Å². The Labute approximate surface area is 109 Å². The second-order valence-electron chi connectivity index (χ2n) is 5.22. The zero-order chi connectivity index (χ0) is 13.8. The van der Waals surface area contributed by atoms with Crippen molar-refractivity contribution in [2.24, 2.45) is 0 Å². The fourth-order valence-electron chi connectivity index (χ4n) is 1.70. The molecule has 0 aromatic carbocycles. The predicted octanol–water partition coefficient (Wildman–Crippen LogP) is 3.40. The normalized spacial score (nSPS) is 12.9. The van der Waals surface area contributed by atoms with Crippen LogP contribution in [-0.2, 0) is 4.74 Å². The molecule has 18 heavy (non-hydrogen) atoms. The van der Waals surface area contributed by atoms with Gasteiger partial charge in [0.05, 0.1) is 6.04 Å². The lowest BCUT2D eigenvalue weighted by atomic mass is 10.1. The topological polar surface area (TPSA) is 42.4 Å². The van der Waals surface area contributed by atoms with Crippen LogP contribution in [0.2, 0.25) is 0 Å². The second kappa shape index (κ2) is 5.85. The average molecular weight is 250 g/mol. The van der Waals surface area contributed by atoms with Crippen LogP contribution in [0.5, 0.6) is 0 Å². The van der Waals surface area contributed by atoms with Crippen molar-refractivity contribution < 1.29 is 9.53 Å². The third kappa shape index (κ3) is 4.02. The van der Waals surface area contributed by atoms with E-state index in [4.69, 9.17) is 4.74 Å². The molecule has 0 aliphatic rings. The molecule has 0 spiro atoms. The molecule has 0 aliphatic heterocycles. The number of ether oxygens (including phenoxy) is 1. The Kier molecular flexibility index (Phi) is 4.70. The van der Waals surface area contributed by atoms with Crippen LogP contribution in [0, 0.1) is 0 Å². The predicted molar refractivity (Wildman–Crippen MR) is 71.3 cm³/mol. The van der Waals surface area contributed by atoms with Gasteiger partial charge in [-0.25, -0.2) is 4.79 Å². The third-order valence-corrected chi connectivity index (χ3v) is 2.62. The van der Waals surface area contributed by atoms with Gasteiger partial charge in [-0.05, 0) is 52.3 Å². The average Bonchev–Trinajstić information content (AvgIpc) is 2.28. The summed E-state index contributed by atoms with van der Waals surface area (Å²) in [5, 5.41) is 0. The van der Waals surface area contributed by atoms with Crippen LogP contribution < -0.4 is 0 Å². The van der Waals surface area contributed by atoms with Gasteiger partial charge in [-0.2, -0.15) is 0 Å². The molecule has 4 heteroatoms. The third-order valence-electron chi connectivity index (χ3n) is 2.62. The van der Waals surface area contributed by atoms with E-state index in [1.807, 2.05) is 46.8 Å². The van der Waals surface area contributed by atoms with E-state index in [0.29, 0.717) is 6.54 Å². The van der Waals surface area contributed by atoms with E-state index in [9.17, 15) is 4.79 Å². The van der Waals surface area contributed by atoms with Crippen molar-refractivity contribution in [3.8, 4) is 0 Å². The summed E-state index contributed by atoms with van der Waals surface area (Å²) in [6, 6.07) is 3.81. The van der Waals surface area contributed by atoms with Gasteiger partial charge < -0.3 is 9.64 Å². The molecule has 1 heterocycles. The molecule has 0 radical (unpaired) electrons. The minimum absolute atomic E-state index is 0.0205. The molecule has 0 N–H and O–H groups in total. The van der Waals surface area contributed by atoms with Gasteiger partial charge in [0, 0.05) is 18.9 Å². The van der Waals surface area contributed by atoms with Crippen LogP contribution in [0.1, 0.15) is 46.2 Å². The molecule has 100 valence electrons. The monoisotopic (exact) mass is 250 g/mol. The first-order valence-corrected chi connectivity index (χ1v) is 6.24. The van der Waals surface area contributed by atoms with Crippen LogP contribution in [0.15, 0.2) is 24.5 Å². The maximum atomic E-state index is 12.1. The zero-order valence-corrected chi connectivity index (χ0v) is 11.8. The minimum Gasteiger partial charge on any atom is -0.444 e. The lowest BCUT2D eigenvalue weighted by molar-refractivity contribution is 0.0186. The fourth-order valence-corrected chi connectivity index (χ4v) is 1.70. The van der Waals surface area contributed by atoms with Crippen molar-refractivity contribution in [1.82, 2.24) is 9.88 Å². The molecule has 0 fully saturated rings. The molecule has 1 atom stereocenters. The molecular formula is C14H22N2O2. The molecule has 1 amide bonds. The van der Waals surface area contributed by atoms with E-state index in [-0.39, 0.29) is 12.1 Å². The molecule has 1 aromatic rings. The van der Waals surface area contributed by atoms with Crippen molar-refractivity contribution in [2.75, 3.05) is 6.54 Å². The molecule has 1 rings (SSSR count). The van der Waals surface area contributed by atoms with E-state index in [2.05, 4.69) is 4.98 Å². The Morgan fingerprint density at radius 1 is 1.39 bits per heavy atom. The van der Waals surface area contributed by atoms with Gasteiger partial charge >= 0.3 is 6.09 Å². The summed E-state index contributed by atoms with van der Waals surface area (Å²) in [4.78, 5) is 17.8. The van der Waals surface area contributed by atoms with Gasteiger partial charge in [0.2, 0.25) is 0 Å². The smallest absolute Gasteiger partial charge is 0.410 e. The number of carbonyl (C=O) groups is 1. The second-order valence-corrected chi connectivity index (χ2v) is 5.22. The van der Waals surface area contributed by atoms with Crippen molar-refractivity contribution >= 4 is 6.09 Å². The number of hydrogen-bond donors (Lipinski definition) is 0. The Balaban J connectivity index is 2.81. The van der Waals surface area contributed by atoms with Gasteiger partial charge in [0.1, 0.15) is 5.60 Å². The summed E-state index contributed by atoms with van der Waals surface area (Å²) in [5.74, 6) is 0. The molecule has 0 aliphatic carbocycles. The highest BCUT2D eigenvalue weighted by Crippen LogP contribution is 2.21.